The molecule has 2 nitrogen and oxygen atoms in total. The molecule has 0 heterocycles. The zero-order valence-electron chi connectivity index (χ0n) is 7.81. The molecule has 1 N–H and O–H groups in total. The molecule has 0 aromatic heterocycles. The smallest absolute Gasteiger partial charge is 0.309 e. The zero-order valence-corrected chi connectivity index (χ0v) is 9.32. The van der Waals surface area contributed by atoms with E-state index in [1.165, 1.54) is 0 Å². The summed E-state index contributed by atoms with van der Waals surface area (Å²) < 4.78 is 0. The molecule has 4 heteroatoms. The first kappa shape index (κ1) is 11.1. The van der Waals surface area contributed by atoms with E-state index >= 15 is 0 Å². The van der Waals surface area contributed by atoms with Gasteiger partial charge >= 0.3 is 5.97 Å². The topological polar surface area (TPSA) is 37.3 Å². The fourth-order valence-electron chi connectivity index (χ4n) is 1.89. The van der Waals surface area contributed by atoms with Crippen LogP contribution in [0.4, 0.5) is 0 Å². The first-order chi connectivity index (χ1) is 5.78. The summed E-state index contributed by atoms with van der Waals surface area (Å²) in [5, 5.41) is 8.89. The van der Waals surface area contributed by atoms with Crippen LogP contribution in [-0.4, -0.2) is 21.3 Å². The number of hydrogen-bond acceptors (Lipinski definition) is 1. The normalized spacial score (nSPS) is 46.0. The van der Waals surface area contributed by atoms with Gasteiger partial charge in [-0.1, -0.05) is 0 Å². The van der Waals surface area contributed by atoms with E-state index in [1.54, 1.807) is 6.92 Å². The fourth-order valence-corrected chi connectivity index (χ4v) is 2.48. The Bertz CT molecular complexity index is 228. The van der Waals surface area contributed by atoms with Crippen LogP contribution in [0.1, 0.15) is 33.1 Å². The summed E-state index contributed by atoms with van der Waals surface area (Å²) in [4.78, 5) is 10.4. The van der Waals surface area contributed by atoms with Crippen LogP contribution in [0.5, 0.6) is 0 Å². The molecule has 0 aromatic carbocycles. The first-order valence-corrected chi connectivity index (χ1v) is 5.16. The molecule has 1 rings (SSSR count). The van der Waals surface area contributed by atoms with Crippen molar-refractivity contribution < 1.29 is 9.90 Å². The molecule has 1 aliphatic carbocycles. The average Bonchev–Trinajstić information content (AvgIpc) is 1.96. The lowest BCUT2D eigenvalue weighted by Gasteiger charge is -2.41. The van der Waals surface area contributed by atoms with Crippen LogP contribution in [0.3, 0.4) is 0 Å². The minimum Gasteiger partial charge on any atom is -0.481 e. The van der Waals surface area contributed by atoms with E-state index in [9.17, 15) is 4.79 Å². The van der Waals surface area contributed by atoms with Gasteiger partial charge in [0.1, 0.15) is 0 Å². The standard InChI is InChI=1S/C9H14Cl2O2/c1-8(7(12)13)4-3-6(10)9(2,11)5-8/h6H,3-5H2,1-2H3,(H,12,13)/t6-,8-,9-/m1/s1. The summed E-state index contributed by atoms with van der Waals surface area (Å²) >= 11 is 12.2. The van der Waals surface area contributed by atoms with Crippen LogP contribution in [0, 0.1) is 5.41 Å². The van der Waals surface area contributed by atoms with Crippen LogP contribution >= 0.6 is 23.2 Å². The Labute approximate surface area is 88.2 Å². The van der Waals surface area contributed by atoms with Crippen LogP contribution in [0.15, 0.2) is 0 Å². The van der Waals surface area contributed by atoms with Gasteiger partial charge in [0.2, 0.25) is 0 Å². The average molecular weight is 225 g/mol. The van der Waals surface area contributed by atoms with E-state index < -0.39 is 16.3 Å². The molecular weight excluding hydrogens is 211 g/mol. The molecule has 76 valence electrons. The van der Waals surface area contributed by atoms with E-state index in [-0.39, 0.29) is 5.38 Å². The quantitative estimate of drug-likeness (QED) is 0.696. The van der Waals surface area contributed by atoms with Crippen LogP contribution in [0.2, 0.25) is 0 Å². The number of rotatable bonds is 1. The van der Waals surface area contributed by atoms with E-state index in [0.29, 0.717) is 19.3 Å². The molecule has 0 radical (unpaired) electrons. The fraction of sp³-hybridized carbons (Fsp3) is 0.889. The highest BCUT2D eigenvalue weighted by Gasteiger charge is 2.47. The second-order valence-corrected chi connectivity index (χ2v) is 5.72. The molecule has 1 saturated carbocycles. The number of carboxylic acids is 1. The molecule has 0 unspecified atom stereocenters. The second kappa shape index (κ2) is 3.32. The van der Waals surface area contributed by atoms with Crippen molar-refractivity contribution in [3.63, 3.8) is 0 Å². The molecule has 0 aromatic rings. The van der Waals surface area contributed by atoms with E-state index in [2.05, 4.69) is 0 Å². The molecule has 0 amide bonds. The van der Waals surface area contributed by atoms with Crippen molar-refractivity contribution in [1.29, 1.82) is 0 Å². The molecule has 3 atom stereocenters. The number of carbonyl (C=O) groups is 1. The molecule has 0 bridgehead atoms. The summed E-state index contributed by atoms with van der Waals surface area (Å²) in [6.07, 6.45) is 1.72. The third-order valence-electron chi connectivity index (χ3n) is 2.85. The Balaban J connectivity index is 2.82. The van der Waals surface area contributed by atoms with Gasteiger partial charge in [-0.25, -0.2) is 0 Å². The highest BCUT2D eigenvalue weighted by molar-refractivity contribution is 6.32. The third-order valence-corrected chi connectivity index (χ3v) is 4.06. The highest BCUT2D eigenvalue weighted by Crippen LogP contribution is 2.46. The Morgan fingerprint density at radius 1 is 1.54 bits per heavy atom. The maximum atomic E-state index is 11.0. The van der Waals surface area contributed by atoms with Gasteiger partial charge in [-0.15, -0.1) is 23.2 Å². The molecule has 1 fully saturated rings. The van der Waals surface area contributed by atoms with Gasteiger partial charge in [-0.3, -0.25) is 4.79 Å². The lowest BCUT2D eigenvalue weighted by Crippen LogP contribution is -2.45. The lowest BCUT2D eigenvalue weighted by atomic mass is 9.71. The summed E-state index contributed by atoms with van der Waals surface area (Å²) in [6, 6.07) is 0. The lowest BCUT2D eigenvalue weighted by molar-refractivity contribution is -0.150. The second-order valence-electron chi connectivity index (χ2n) is 4.33. The molecule has 0 spiro atoms. The summed E-state index contributed by atoms with van der Waals surface area (Å²) in [7, 11) is 0. The van der Waals surface area contributed by atoms with Crippen molar-refractivity contribution in [3.8, 4) is 0 Å². The Kier molecular flexibility index (Phi) is 2.84. The van der Waals surface area contributed by atoms with Gasteiger partial charge in [-0.2, -0.15) is 0 Å². The predicted molar refractivity (Wildman–Crippen MR) is 53.5 cm³/mol. The Morgan fingerprint density at radius 2 is 2.08 bits per heavy atom. The van der Waals surface area contributed by atoms with Gasteiger partial charge < -0.3 is 5.11 Å². The van der Waals surface area contributed by atoms with Crippen LogP contribution < -0.4 is 0 Å². The first-order valence-electron chi connectivity index (χ1n) is 4.34. The maximum absolute atomic E-state index is 11.0. The van der Waals surface area contributed by atoms with Crippen LogP contribution in [-0.2, 0) is 4.79 Å². The van der Waals surface area contributed by atoms with Gasteiger partial charge in [0, 0.05) is 0 Å². The molecule has 0 aliphatic heterocycles. The van der Waals surface area contributed by atoms with Crippen molar-refractivity contribution in [2.24, 2.45) is 5.41 Å². The van der Waals surface area contributed by atoms with Gasteiger partial charge in [0.05, 0.1) is 15.7 Å². The Morgan fingerprint density at radius 3 is 2.46 bits per heavy atom. The monoisotopic (exact) mass is 224 g/mol. The number of hydrogen-bond donors (Lipinski definition) is 1. The molecule has 1 aliphatic rings. The number of aliphatic carboxylic acids is 1. The van der Waals surface area contributed by atoms with Gasteiger partial charge in [-0.05, 0) is 33.1 Å². The molecular formula is C9H14Cl2O2. The third kappa shape index (κ3) is 2.10. The minimum atomic E-state index is -0.775. The number of halogens is 2. The van der Waals surface area contributed by atoms with Crippen LogP contribution in [0.25, 0.3) is 0 Å². The predicted octanol–water partition coefficient (Wildman–Crippen LogP) is 2.87. The van der Waals surface area contributed by atoms with Crippen molar-refractivity contribution in [1.82, 2.24) is 0 Å². The van der Waals surface area contributed by atoms with Gasteiger partial charge in [0.15, 0.2) is 0 Å². The van der Waals surface area contributed by atoms with E-state index in [4.69, 9.17) is 28.3 Å². The largest absolute Gasteiger partial charge is 0.481 e. The summed E-state index contributed by atoms with van der Waals surface area (Å²) in [5.41, 5.74) is -0.706. The summed E-state index contributed by atoms with van der Waals surface area (Å²) in [5.74, 6) is -0.775. The maximum Gasteiger partial charge on any atom is 0.309 e. The van der Waals surface area contributed by atoms with Crippen molar-refractivity contribution >= 4 is 29.2 Å². The van der Waals surface area contributed by atoms with Crippen molar-refractivity contribution in [2.75, 3.05) is 0 Å². The van der Waals surface area contributed by atoms with Crippen molar-refractivity contribution in [2.45, 2.75) is 43.4 Å². The SMILES string of the molecule is C[C@@]1(C(=O)O)CC[C@@H](Cl)[C@](C)(Cl)C1. The van der Waals surface area contributed by atoms with Gasteiger partial charge in [0.25, 0.3) is 0 Å². The Hall–Kier alpha value is 0.0500. The van der Waals surface area contributed by atoms with E-state index in [1.807, 2.05) is 6.92 Å². The molecule has 0 saturated heterocycles. The number of carboxylic acid groups (broad SMARTS) is 1. The number of alkyl halides is 2. The summed E-state index contributed by atoms with van der Waals surface area (Å²) in [6.45, 7) is 3.55. The molecule has 13 heavy (non-hydrogen) atoms. The van der Waals surface area contributed by atoms with Crippen molar-refractivity contribution in [3.05, 3.63) is 0 Å². The van der Waals surface area contributed by atoms with E-state index in [0.717, 1.165) is 0 Å². The minimum absolute atomic E-state index is 0.124. The highest BCUT2D eigenvalue weighted by atomic mass is 35.5. The zero-order chi connectivity index (χ0) is 10.3.